The molecule has 2 aliphatic rings. The minimum atomic E-state index is -0.401. The second-order valence-electron chi connectivity index (χ2n) is 7.99. The third-order valence-corrected chi connectivity index (χ3v) is 7.24. The maximum Gasteiger partial charge on any atom is 0.228 e. The van der Waals surface area contributed by atoms with Gasteiger partial charge in [0, 0.05) is 37.0 Å². The molecule has 0 spiro atoms. The van der Waals surface area contributed by atoms with Crippen molar-refractivity contribution in [2.75, 3.05) is 13.2 Å². The summed E-state index contributed by atoms with van der Waals surface area (Å²) in [5, 5.41) is 5.83. The van der Waals surface area contributed by atoms with Crippen LogP contribution in [0.1, 0.15) is 44.4 Å². The first-order valence-corrected chi connectivity index (χ1v) is 11.7. The molecule has 2 fully saturated rings. The number of nitrogens with zero attached hydrogens (tertiary/aromatic N) is 2. The van der Waals surface area contributed by atoms with Crippen molar-refractivity contribution in [1.29, 1.82) is 0 Å². The summed E-state index contributed by atoms with van der Waals surface area (Å²) in [6.45, 7) is 6.00. The third-order valence-electron chi connectivity index (χ3n) is 6.31. The van der Waals surface area contributed by atoms with Crippen molar-refractivity contribution in [1.82, 2.24) is 15.2 Å². The van der Waals surface area contributed by atoms with Gasteiger partial charge in [-0.25, -0.2) is 4.98 Å². The van der Waals surface area contributed by atoms with Crippen molar-refractivity contribution in [3.05, 3.63) is 45.4 Å². The van der Waals surface area contributed by atoms with Crippen molar-refractivity contribution in [3.63, 3.8) is 0 Å². The van der Waals surface area contributed by atoms with E-state index in [0.717, 1.165) is 42.8 Å². The molecule has 29 heavy (non-hydrogen) atoms. The second-order valence-corrected chi connectivity index (χ2v) is 9.12. The number of fused-ring (bicyclic) bond motifs is 2. The molecule has 0 aliphatic carbocycles. The monoisotopic (exact) mass is 433 g/mol. The standard InChI is InChI=1S/C22H28ClN3O2S/c1-3-24-21(27)22(10-16-13-29-14-25-16)11-17-6-8-20(22)26(17)12-15-5-7-19(28-4-2)18(23)9-15/h5,7,9,13-14,17,20H,3-4,6,8,10-12H2,1-2H3,(H,24,27)/t17-,20+,22+/m1/s1. The highest BCUT2D eigenvalue weighted by atomic mass is 35.5. The Bertz CT molecular complexity index is 860. The topological polar surface area (TPSA) is 54.5 Å². The average molecular weight is 434 g/mol. The molecule has 4 rings (SSSR count). The molecule has 2 saturated heterocycles. The predicted octanol–water partition coefficient (Wildman–Crippen LogP) is 4.30. The first kappa shape index (κ1) is 20.6. The number of thiazole rings is 1. The zero-order chi connectivity index (χ0) is 20.4. The van der Waals surface area contributed by atoms with Gasteiger partial charge in [0.25, 0.3) is 0 Å². The van der Waals surface area contributed by atoms with E-state index in [0.29, 0.717) is 30.6 Å². The summed E-state index contributed by atoms with van der Waals surface area (Å²) >= 11 is 8.00. The van der Waals surface area contributed by atoms with E-state index in [1.165, 1.54) is 0 Å². The summed E-state index contributed by atoms with van der Waals surface area (Å²) in [5.41, 5.74) is 3.64. The van der Waals surface area contributed by atoms with Gasteiger partial charge in [-0.1, -0.05) is 17.7 Å². The molecular weight excluding hydrogens is 406 g/mol. The lowest BCUT2D eigenvalue weighted by Crippen LogP contribution is -2.50. The van der Waals surface area contributed by atoms with Gasteiger partial charge in [-0.2, -0.15) is 0 Å². The van der Waals surface area contributed by atoms with E-state index >= 15 is 0 Å². The lowest BCUT2D eigenvalue weighted by molar-refractivity contribution is -0.132. The molecule has 3 heterocycles. The Morgan fingerprint density at radius 1 is 1.41 bits per heavy atom. The fraction of sp³-hybridized carbons (Fsp3) is 0.545. The predicted molar refractivity (Wildman–Crippen MR) is 117 cm³/mol. The molecule has 1 aromatic heterocycles. The number of aromatic nitrogens is 1. The summed E-state index contributed by atoms with van der Waals surface area (Å²) in [6.07, 6.45) is 3.81. The smallest absolute Gasteiger partial charge is 0.228 e. The fourth-order valence-electron chi connectivity index (χ4n) is 5.17. The van der Waals surface area contributed by atoms with Gasteiger partial charge >= 0.3 is 0 Å². The Balaban J connectivity index is 1.58. The van der Waals surface area contributed by atoms with Crippen LogP contribution in [0, 0.1) is 5.41 Å². The van der Waals surface area contributed by atoms with E-state index in [1.807, 2.05) is 31.5 Å². The molecule has 7 heteroatoms. The number of halogens is 1. The van der Waals surface area contributed by atoms with Crippen LogP contribution in [0.15, 0.2) is 29.1 Å². The number of ether oxygens (including phenoxy) is 1. The highest BCUT2D eigenvalue weighted by Crippen LogP contribution is 2.52. The molecule has 0 radical (unpaired) electrons. The van der Waals surface area contributed by atoms with Crippen LogP contribution in [0.3, 0.4) is 0 Å². The molecule has 2 bridgehead atoms. The number of carbonyl (C=O) groups excluding carboxylic acids is 1. The largest absolute Gasteiger partial charge is 0.492 e. The van der Waals surface area contributed by atoms with Crippen molar-refractivity contribution < 1.29 is 9.53 Å². The van der Waals surface area contributed by atoms with Crippen molar-refractivity contribution >= 4 is 28.8 Å². The summed E-state index contributed by atoms with van der Waals surface area (Å²) < 4.78 is 5.56. The van der Waals surface area contributed by atoms with Crippen LogP contribution >= 0.6 is 22.9 Å². The van der Waals surface area contributed by atoms with Gasteiger partial charge in [-0.3, -0.25) is 9.69 Å². The van der Waals surface area contributed by atoms with Crippen LogP contribution in [0.2, 0.25) is 5.02 Å². The molecule has 1 amide bonds. The molecule has 2 aromatic rings. The third kappa shape index (κ3) is 3.90. The highest BCUT2D eigenvalue weighted by molar-refractivity contribution is 7.07. The maximum absolute atomic E-state index is 13.3. The van der Waals surface area contributed by atoms with Gasteiger partial charge in [-0.15, -0.1) is 11.3 Å². The van der Waals surface area contributed by atoms with Crippen molar-refractivity contribution in [2.24, 2.45) is 5.41 Å². The van der Waals surface area contributed by atoms with Crippen molar-refractivity contribution in [2.45, 2.75) is 58.2 Å². The molecule has 0 saturated carbocycles. The summed E-state index contributed by atoms with van der Waals surface area (Å²) in [5.74, 6) is 0.900. The molecular formula is C22H28ClN3O2S. The molecule has 1 aromatic carbocycles. The quantitative estimate of drug-likeness (QED) is 0.674. The zero-order valence-corrected chi connectivity index (χ0v) is 18.6. The van der Waals surface area contributed by atoms with Gasteiger partial charge < -0.3 is 10.1 Å². The number of rotatable bonds is 8. The van der Waals surface area contributed by atoms with Gasteiger partial charge in [0.1, 0.15) is 5.75 Å². The minimum Gasteiger partial charge on any atom is -0.492 e. The van der Waals surface area contributed by atoms with Gasteiger partial charge in [0.2, 0.25) is 5.91 Å². The lowest BCUT2D eigenvalue weighted by atomic mass is 9.70. The summed E-state index contributed by atoms with van der Waals surface area (Å²) in [4.78, 5) is 20.3. The molecule has 156 valence electrons. The lowest BCUT2D eigenvalue weighted by Gasteiger charge is -2.36. The van der Waals surface area contributed by atoms with Gasteiger partial charge in [-0.05, 0) is 50.8 Å². The number of hydrogen-bond donors (Lipinski definition) is 1. The normalized spacial score (nSPS) is 26.0. The van der Waals surface area contributed by atoms with Crippen LogP contribution in [0.4, 0.5) is 0 Å². The Kier molecular flexibility index (Phi) is 6.13. The maximum atomic E-state index is 13.3. The minimum absolute atomic E-state index is 0.176. The highest BCUT2D eigenvalue weighted by Gasteiger charge is 2.59. The zero-order valence-electron chi connectivity index (χ0n) is 17.0. The van der Waals surface area contributed by atoms with Gasteiger partial charge in [0.15, 0.2) is 0 Å². The van der Waals surface area contributed by atoms with E-state index in [4.69, 9.17) is 16.3 Å². The Morgan fingerprint density at radius 2 is 2.28 bits per heavy atom. The number of nitrogens with one attached hydrogen (secondary N) is 1. The van der Waals surface area contributed by atoms with Crippen LogP contribution < -0.4 is 10.1 Å². The first-order chi connectivity index (χ1) is 14.1. The Labute approximate surface area is 181 Å². The summed E-state index contributed by atoms with van der Waals surface area (Å²) in [6, 6.07) is 6.69. The molecule has 0 unspecified atom stereocenters. The molecule has 3 atom stereocenters. The number of benzene rings is 1. The van der Waals surface area contributed by atoms with E-state index in [2.05, 4.69) is 26.6 Å². The van der Waals surface area contributed by atoms with E-state index in [-0.39, 0.29) is 11.9 Å². The average Bonchev–Trinajstić information content (AvgIpc) is 3.41. The Morgan fingerprint density at radius 3 is 2.97 bits per heavy atom. The Hall–Kier alpha value is -1.63. The van der Waals surface area contributed by atoms with Crippen LogP contribution in [0.5, 0.6) is 5.75 Å². The number of carbonyl (C=O) groups is 1. The van der Waals surface area contributed by atoms with Gasteiger partial charge in [0.05, 0.1) is 28.2 Å². The number of hydrogen-bond acceptors (Lipinski definition) is 5. The SMILES string of the molecule is CCNC(=O)[C@@]1(Cc2cscn2)C[C@H]2CC[C@@H]1N2Cc1ccc(OCC)c(Cl)c1. The van der Waals surface area contributed by atoms with Crippen molar-refractivity contribution in [3.8, 4) is 5.75 Å². The first-order valence-electron chi connectivity index (χ1n) is 10.4. The van der Waals surface area contributed by atoms with E-state index in [9.17, 15) is 4.79 Å². The summed E-state index contributed by atoms with van der Waals surface area (Å²) in [7, 11) is 0. The van der Waals surface area contributed by atoms with Crippen LogP contribution in [-0.2, 0) is 17.8 Å². The second kappa shape index (κ2) is 8.62. The fourth-order valence-corrected chi connectivity index (χ4v) is 5.99. The molecule has 2 aliphatic heterocycles. The number of amides is 1. The van der Waals surface area contributed by atoms with E-state index in [1.54, 1.807) is 11.3 Å². The molecule has 1 N–H and O–H groups in total. The molecule has 5 nitrogen and oxygen atoms in total. The van der Waals surface area contributed by atoms with Crippen LogP contribution in [-0.4, -0.2) is 41.0 Å². The van der Waals surface area contributed by atoms with Crippen LogP contribution in [0.25, 0.3) is 0 Å². The van der Waals surface area contributed by atoms with E-state index < -0.39 is 5.41 Å².